The number of rotatable bonds is 0. The number of hydrogen-bond donors (Lipinski definition) is 0. The van der Waals surface area contributed by atoms with E-state index in [4.69, 9.17) is 0 Å². The summed E-state index contributed by atoms with van der Waals surface area (Å²) in [5, 5.41) is 2.28. The highest BCUT2D eigenvalue weighted by Gasteiger charge is 2.19. The fourth-order valence-corrected chi connectivity index (χ4v) is 3.55. The molecule has 0 spiro atoms. The van der Waals surface area contributed by atoms with Gasteiger partial charge >= 0.3 is 0 Å². The van der Waals surface area contributed by atoms with Crippen molar-refractivity contribution in [3.8, 4) is 10.4 Å². The number of para-hydroxylation sites is 1. The molecule has 0 aliphatic carbocycles. The van der Waals surface area contributed by atoms with Crippen molar-refractivity contribution in [3.63, 3.8) is 0 Å². The number of fused-ring (bicyclic) bond motifs is 3. The lowest BCUT2D eigenvalue weighted by Crippen LogP contribution is -2.19. The van der Waals surface area contributed by atoms with Crippen LogP contribution in [0.25, 0.3) is 10.4 Å². The minimum atomic E-state index is 1.11. The normalized spacial score (nSPS) is 14.2. The third-order valence-corrected chi connectivity index (χ3v) is 4.53. The lowest BCUT2D eigenvalue weighted by molar-refractivity contribution is 0.886. The van der Waals surface area contributed by atoms with Crippen molar-refractivity contribution in [2.45, 2.75) is 13.3 Å². The van der Waals surface area contributed by atoms with E-state index in [0.717, 1.165) is 13.0 Å². The van der Waals surface area contributed by atoms with Crippen LogP contribution in [-0.2, 0) is 6.42 Å². The summed E-state index contributed by atoms with van der Waals surface area (Å²) in [6.45, 7) is 3.34. The van der Waals surface area contributed by atoms with Gasteiger partial charge in [-0.1, -0.05) is 18.2 Å². The van der Waals surface area contributed by atoms with Crippen molar-refractivity contribution in [1.29, 1.82) is 0 Å². The summed E-state index contributed by atoms with van der Waals surface area (Å²) in [4.78, 5) is 3.83. The number of benzene rings is 1. The largest absolute Gasteiger partial charge is 0.374 e. The summed E-state index contributed by atoms with van der Waals surface area (Å²) in [7, 11) is 2.19. The quantitative estimate of drug-likeness (QED) is 0.665. The summed E-state index contributed by atoms with van der Waals surface area (Å²) in [6.07, 6.45) is 1.16. The van der Waals surface area contributed by atoms with Crippen LogP contribution in [-0.4, -0.2) is 13.6 Å². The van der Waals surface area contributed by atoms with Gasteiger partial charge in [0.05, 0.1) is 0 Å². The standard InChI is InChI=1S/C14H15NS/c1-10-9-16-14-11(10)7-8-15(2)13-6-4-3-5-12(13)14/h3-6,9H,7-8H2,1-2H3. The molecule has 0 unspecified atom stereocenters. The Morgan fingerprint density at radius 2 is 2.06 bits per heavy atom. The van der Waals surface area contributed by atoms with Crippen molar-refractivity contribution in [3.05, 3.63) is 40.8 Å². The third-order valence-electron chi connectivity index (χ3n) is 3.36. The summed E-state index contributed by atoms with van der Waals surface area (Å²) in [5.41, 5.74) is 5.76. The van der Waals surface area contributed by atoms with Gasteiger partial charge in [-0.05, 0) is 35.9 Å². The molecule has 0 saturated carbocycles. The molecule has 1 nitrogen and oxygen atoms in total. The van der Waals surface area contributed by atoms with Gasteiger partial charge < -0.3 is 4.90 Å². The highest BCUT2D eigenvalue weighted by Crippen LogP contribution is 2.40. The number of aryl methyl sites for hydroxylation is 1. The van der Waals surface area contributed by atoms with E-state index in [-0.39, 0.29) is 0 Å². The molecule has 0 N–H and O–H groups in total. The first-order valence-corrected chi connectivity index (χ1v) is 6.53. The van der Waals surface area contributed by atoms with Gasteiger partial charge in [0, 0.05) is 29.7 Å². The maximum atomic E-state index is 2.36. The molecule has 2 heteroatoms. The zero-order valence-corrected chi connectivity index (χ0v) is 10.5. The monoisotopic (exact) mass is 229 g/mol. The van der Waals surface area contributed by atoms with E-state index < -0.39 is 0 Å². The van der Waals surface area contributed by atoms with Gasteiger partial charge in [0.15, 0.2) is 0 Å². The Morgan fingerprint density at radius 3 is 2.94 bits per heavy atom. The van der Waals surface area contributed by atoms with Crippen LogP contribution >= 0.6 is 11.3 Å². The summed E-state index contributed by atoms with van der Waals surface area (Å²) < 4.78 is 0. The topological polar surface area (TPSA) is 3.24 Å². The van der Waals surface area contributed by atoms with Crippen LogP contribution in [0, 0.1) is 6.92 Å². The first kappa shape index (κ1) is 9.91. The Hall–Kier alpha value is -1.28. The molecule has 1 aromatic heterocycles. The number of anilines is 1. The molecule has 0 fully saturated rings. The van der Waals surface area contributed by atoms with Gasteiger partial charge in [-0.25, -0.2) is 0 Å². The van der Waals surface area contributed by atoms with Crippen LogP contribution in [0.4, 0.5) is 5.69 Å². The SMILES string of the molecule is Cc1csc2c1CCN(C)c1ccccc1-2. The van der Waals surface area contributed by atoms with Crippen molar-refractivity contribution >= 4 is 17.0 Å². The van der Waals surface area contributed by atoms with E-state index in [2.05, 4.69) is 48.5 Å². The Balaban J connectivity index is 2.28. The van der Waals surface area contributed by atoms with Crippen LogP contribution in [0.1, 0.15) is 11.1 Å². The molecule has 0 bridgehead atoms. The molecule has 1 aliphatic heterocycles. The van der Waals surface area contributed by atoms with Crippen molar-refractivity contribution in [2.24, 2.45) is 0 Å². The average molecular weight is 229 g/mol. The van der Waals surface area contributed by atoms with E-state index >= 15 is 0 Å². The van der Waals surface area contributed by atoms with E-state index in [0.29, 0.717) is 0 Å². The van der Waals surface area contributed by atoms with Crippen LogP contribution in [0.5, 0.6) is 0 Å². The molecular weight excluding hydrogens is 214 g/mol. The van der Waals surface area contributed by atoms with Crippen molar-refractivity contribution in [1.82, 2.24) is 0 Å². The van der Waals surface area contributed by atoms with E-state index in [1.807, 2.05) is 11.3 Å². The fourth-order valence-electron chi connectivity index (χ4n) is 2.40. The van der Waals surface area contributed by atoms with Crippen LogP contribution < -0.4 is 4.90 Å². The number of hydrogen-bond acceptors (Lipinski definition) is 2. The first-order chi connectivity index (χ1) is 7.77. The maximum Gasteiger partial charge on any atom is 0.0451 e. The Bertz CT molecular complexity index is 527. The number of nitrogens with zero attached hydrogens (tertiary/aromatic N) is 1. The van der Waals surface area contributed by atoms with Crippen LogP contribution in [0.15, 0.2) is 29.6 Å². The second-order valence-electron chi connectivity index (χ2n) is 4.42. The first-order valence-electron chi connectivity index (χ1n) is 5.65. The molecule has 1 aliphatic rings. The Kier molecular flexibility index (Phi) is 2.25. The molecule has 0 saturated heterocycles. The predicted molar refractivity (Wildman–Crippen MR) is 71.5 cm³/mol. The smallest absolute Gasteiger partial charge is 0.0451 e. The summed E-state index contributed by atoms with van der Waals surface area (Å²) in [6, 6.07) is 8.73. The maximum absolute atomic E-state index is 2.36. The summed E-state index contributed by atoms with van der Waals surface area (Å²) >= 11 is 1.88. The van der Waals surface area contributed by atoms with Crippen molar-refractivity contribution in [2.75, 3.05) is 18.5 Å². The molecule has 0 atom stereocenters. The minimum Gasteiger partial charge on any atom is -0.374 e. The molecular formula is C14H15NS. The number of likely N-dealkylation sites (N-methyl/N-ethyl adjacent to an activating group) is 1. The predicted octanol–water partition coefficient (Wildman–Crippen LogP) is 3.72. The molecule has 2 aromatic rings. The lowest BCUT2D eigenvalue weighted by Gasteiger charge is -2.18. The van der Waals surface area contributed by atoms with Crippen LogP contribution in [0.3, 0.4) is 0 Å². The molecule has 3 rings (SSSR count). The second kappa shape index (κ2) is 3.63. The lowest BCUT2D eigenvalue weighted by atomic mass is 10.0. The zero-order chi connectivity index (χ0) is 11.1. The Morgan fingerprint density at radius 1 is 1.25 bits per heavy atom. The van der Waals surface area contributed by atoms with Gasteiger partial charge in [0.1, 0.15) is 0 Å². The highest BCUT2D eigenvalue weighted by molar-refractivity contribution is 7.14. The third kappa shape index (κ3) is 1.37. The average Bonchev–Trinajstić information content (AvgIpc) is 2.60. The molecule has 1 aromatic carbocycles. The van der Waals surface area contributed by atoms with Gasteiger partial charge in [-0.15, -0.1) is 11.3 Å². The van der Waals surface area contributed by atoms with Gasteiger partial charge in [0.25, 0.3) is 0 Å². The minimum absolute atomic E-state index is 1.11. The van der Waals surface area contributed by atoms with E-state index in [1.165, 1.54) is 21.7 Å². The summed E-state index contributed by atoms with van der Waals surface area (Å²) in [5.74, 6) is 0. The van der Waals surface area contributed by atoms with Gasteiger partial charge in [-0.3, -0.25) is 0 Å². The molecule has 0 amide bonds. The van der Waals surface area contributed by atoms with Gasteiger partial charge in [0.2, 0.25) is 0 Å². The molecule has 16 heavy (non-hydrogen) atoms. The molecule has 2 heterocycles. The highest BCUT2D eigenvalue weighted by atomic mass is 32.1. The van der Waals surface area contributed by atoms with Crippen LogP contribution in [0.2, 0.25) is 0 Å². The molecule has 82 valence electrons. The Labute approximate surface area is 100 Å². The number of thiophene rings is 1. The van der Waals surface area contributed by atoms with E-state index in [9.17, 15) is 0 Å². The second-order valence-corrected chi connectivity index (χ2v) is 5.29. The zero-order valence-electron chi connectivity index (χ0n) is 9.66. The molecule has 0 radical (unpaired) electrons. The fraction of sp³-hybridized carbons (Fsp3) is 0.286. The van der Waals surface area contributed by atoms with Crippen molar-refractivity contribution < 1.29 is 0 Å². The van der Waals surface area contributed by atoms with Gasteiger partial charge in [-0.2, -0.15) is 0 Å². The van der Waals surface area contributed by atoms with E-state index in [1.54, 1.807) is 5.56 Å².